The molecular weight excluding hydrogens is 226 g/mol. The zero-order chi connectivity index (χ0) is 12.4. The van der Waals surface area contributed by atoms with Crippen LogP contribution in [0.3, 0.4) is 0 Å². The average Bonchev–Trinajstić information content (AvgIpc) is 3.01. The maximum Gasteiger partial charge on any atom is 0.122 e. The number of aromatic nitrogens is 2. The van der Waals surface area contributed by atoms with Crippen LogP contribution in [0, 0.1) is 0 Å². The summed E-state index contributed by atoms with van der Waals surface area (Å²) in [5, 5.41) is 4.15. The SMILES string of the molecule is NC1CCc2c(OCCn3cccn3)cccc21. The van der Waals surface area contributed by atoms with Crippen LogP contribution in [0.25, 0.3) is 0 Å². The van der Waals surface area contributed by atoms with Gasteiger partial charge in [0, 0.05) is 18.4 Å². The molecular formula is C14H17N3O. The molecule has 0 spiro atoms. The molecule has 2 N–H and O–H groups in total. The minimum Gasteiger partial charge on any atom is -0.491 e. The quantitative estimate of drug-likeness (QED) is 0.892. The Hall–Kier alpha value is -1.81. The van der Waals surface area contributed by atoms with Gasteiger partial charge in [0.1, 0.15) is 12.4 Å². The molecule has 1 aromatic heterocycles. The molecule has 1 atom stereocenters. The van der Waals surface area contributed by atoms with E-state index in [-0.39, 0.29) is 6.04 Å². The Balaban J connectivity index is 1.67. The van der Waals surface area contributed by atoms with Crippen LogP contribution in [-0.2, 0) is 13.0 Å². The molecule has 0 fully saturated rings. The van der Waals surface area contributed by atoms with Gasteiger partial charge in [0.2, 0.25) is 0 Å². The van der Waals surface area contributed by atoms with Gasteiger partial charge in [0.05, 0.1) is 6.54 Å². The molecule has 4 heteroatoms. The van der Waals surface area contributed by atoms with Gasteiger partial charge in [-0.1, -0.05) is 12.1 Å². The highest BCUT2D eigenvalue weighted by Crippen LogP contribution is 2.35. The van der Waals surface area contributed by atoms with Crippen LogP contribution in [0.15, 0.2) is 36.7 Å². The summed E-state index contributed by atoms with van der Waals surface area (Å²) in [7, 11) is 0. The summed E-state index contributed by atoms with van der Waals surface area (Å²) in [5.74, 6) is 0.979. The molecule has 4 nitrogen and oxygen atoms in total. The summed E-state index contributed by atoms with van der Waals surface area (Å²) >= 11 is 0. The monoisotopic (exact) mass is 243 g/mol. The molecule has 18 heavy (non-hydrogen) atoms. The standard InChI is InChI=1S/C14H17N3O/c15-13-6-5-12-11(13)3-1-4-14(12)18-10-9-17-8-2-7-16-17/h1-4,7-8,13H,5-6,9-10,15H2. The van der Waals surface area contributed by atoms with Crippen molar-refractivity contribution in [1.82, 2.24) is 9.78 Å². The fourth-order valence-corrected chi connectivity index (χ4v) is 2.47. The minimum atomic E-state index is 0.176. The highest BCUT2D eigenvalue weighted by molar-refractivity contribution is 5.44. The molecule has 94 valence electrons. The van der Waals surface area contributed by atoms with Crippen LogP contribution in [0.2, 0.25) is 0 Å². The van der Waals surface area contributed by atoms with Crippen molar-refractivity contribution in [2.75, 3.05) is 6.61 Å². The number of rotatable bonds is 4. The van der Waals surface area contributed by atoms with E-state index in [1.54, 1.807) is 6.20 Å². The topological polar surface area (TPSA) is 53.1 Å². The first-order valence-electron chi connectivity index (χ1n) is 6.32. The van der Waals surface area contributed by atoms with Crippen LogP contribution in [0.1, 0.15) is 23.6 Å². The molecule has 0 amide bonds. The molecule has 1 aromatic carbocycles. The van der Waals surface area contributed by atoms with E-state index in [9.17, 15) is 0 Å². The summed E-state index contributed by atoms with van der Waals surface area (Å²) in [6, 6.07) is 8.24. The van der Waals surface area contributed by atoms with E-state index in [0.29, 0.717) is 6.61 Å². The van der Waals surface area contributed by atoms with Gasteiger partial charge in [0.25, 0.3) is 0 Å². The number of ether oxygens (including phenoxy) is 1. The van der Waals surface area contributed by atoms with Crippen LogP contribution in [-0.4, -0.2) is 16.4 Å². The minimum absolute atomic E-state index is 0.176. The van der Waals surface area contributed by atoms with Crippen LogP contribution >= 0.6 is 0 Å². The van der Waals surface area contributed by atoms with Gasteiger partial charge in [-0.2, -0.15) is 5.10 Å². The predicted molar refractivity (Wildman–Crippen MR) is 69.4 cm³/mol. The number of nitrogens with zero attached hydrogens (tertiary/aromatic N) is 2. The summed E-state index contributed by atoms with van der Waals surface area (Å²) in [5.41, 5.74) is 8.58. The Bertz CT molecular complexity index is 522. The average molecular weight is 243 g/mol. The Labute approximate surface area is 106 Å². The van der Waals surface area contributed by atoms with Gasteiger partial charge in [-0.15, -0.1) is 0 Å². The second-order valence-corrected chi connectivity index (χ2v) is 4.59. The summed E-state index contributed by atoms with van der Waals surface area (Å²) in [6.07, 6.45) is 5.76. The molecule has 0 saturated carbocycles. The van der Waals surface area contributed by atoms with Crippen molar-refractivity contribution < 1.29 is 4.74 Å². The van der Waals surface area contributed by atoms with Gasteiger partial charge < -0.3 is 10.5 Å². The van der Waals surface area contributed by atoms with Gasteiger partial charge in [-0.3, -0.25) is 4.68 Å². The second-order valence-electron chi connectivity index (χ2n) is 4.59. The van der Waals surface area contributed by atoms with Crippen molar-refractivity contribution in [3.05, 3.63) is 47.8 Å². The molecule has 3 rings (SSSR count). The Morgan fingerprint density at radius 2 is 2.33 bits per heavy atom. The lowest BCUT2D eigenvalue weighted by Gasteiger charge is -2.11. The van der Waals surface area contributed by atoms with E-state index in [1.165, 1.54) is 11.1 Å². The predicted octanol–water partition coefficient (Wildman–Crippen LogP) is 1.91. The molecule has 0 aliphatic heterocycles. The number of fused-ring (bicyclic) bond motifs is 1. The van der Waals surface area contributed by atoms with E-state index in [0.717, 1.165) is 25.1 Å². The van der Waals surface area contributed by atoms with Gasteiger partial charge >= 0.3 is 0 Å². The maximum atomic E-state index is 6.05. The second kappa shape index (κ2) is 4.82. The lowest BCUT2D eigenvalue weighted by Crippen LogP contribution is -2.09. The van der Waals surface area contributed by atoms with E-state index >= 15 is 0 Å². The highest BCUT2D eigenvalue weighted by Gasteiger charge is 2.21. The van der Waals surface area contributed by atoms with E-state index in [1.807, 2.05) is 29.1 Å². The molecule has 1 aliphatic carbocycles. The third-order valence-electron chi connectivity index (χ3n) is 3.41. The van der Waals surface area contributed by atoms with Crippen molar-refractivity contribution in [2.24, 2.45) is 5.73 Å². The van der Waals surface area contributed by atoms with Crippen molar-refractivity contribution in [3.8, 4) is 5.75 Å². The fourth-order valence-electron chi connectivity index (χ4n) is 2.47. The van der Waals surface area contributed by atoms with E-state index < -0.39 is 0 Å². The van der Waals surface area contributed by atoms with Crippen LogP contribution < -0.4 is 10.5 Å². The lowest BCUT2D eigenvalue weighted by atomic mass is 10.1. The number of hydrogen-bond donors (Lipinski definition) is 1. The molecule has 0 radical (unpaired) electrons. The maximum absolute atomic E-state index is 6.05. The van der Waals surface area contributed by atoms with Crippen molar-refractivity contribution in [1.29, 1.82) is 0 Å². The molecule has 0 bridgehead atoms. The van der Waals surface area contributed by atoms with Crippen LogP contribution in [0.5, 0.6) is 5.75 Å². The first-order valence-corrected chi connectivity index (χ1v) is 6.32. The first kappa shape index (κ1) is 11.3. The van der Waals surface area contributed by atoms with E-state index in [2.05, 4.69) is 11.2 Å². The zero-order valence-electron chi connectivity index (χ0n) is 10.2. The summed E-state index contributed by atoms with van der Waals surface area (Å²) in [6.45, 7) is 1.40. The van der Waals surface area contributed by atoms with Crippen molar-refractivity contribution in [2.45, 2.75) is 25.4 Å². The van der Waals surface area contributed by atoms with Crippen molar-refractivity contribution >= 4 is 0 Å². The fraction of sp³-hybridized carbons (Fsp3) is 0.357. The third-order valence-corrected chi connectivity index (χ3v) is 3.41. The van der Waals surface area contributed by atoms with Gasteiger partial charge in [-0.25, -0.2) is 0 Å². The zero-order valence-corrected chi connectivity index (χ0v) is 10.2. The Morgan fingerprint density at radius 1 is 1.39 bits per heavy atom. The number of hydrogen-bond acceptors (Lipinski definition) is 3. The molecule has 0 saturated heterocycles. The van der Waals surface area contributed by atoms with Crippen LogP contribution in [0.4, 0.5) is 0 Å². The molecule has 2 aromatic rings. The molecule has 1 heterocycles. The first-order chi connectivity index (χ1) is 8.84. The molecule has 1 aliphatic rings. The Morgan fingerprint density at radius 3 is 3.17 bits per heavy atom. The smallest absolute Gasteiger partial charge is 0.122 e. The summed E-state index contributed by atoms with van der Waals surface area (Å²) < 4.78 is 7.72. The van der Waals surface area contributed by atoms with E-state index in [4.69, 9.17) is 10.5 Å². The highest BCUT2D eigenvalue weighted by atomic mass is 16.5. The lowest BCUT2D eigenvalue weighted by molar-refractivity contribution is 0.289. The number of benzene rings is 1. The van der Waals surface area contributed by atoms with Gasteiger partial charge in [0.15, 0.2) is 0 Å². The summed E-state index contributed by atoms with van der Waals surface area (Å²) in [4.78, 5) is 0. The normalized spacial score (nSPS) is 17.7. The third kappa shape index (κ3) is 2.11. The largest absolute Gasteiger partial charge is 0.491 e. The number of nitrogens with two attached hydrogens (primary N) is 1. The van der Waals surface area contributed by atoms with Gasteiger partial charge in [-0.05, 0) is 36.1 Å². The van der Waals surface area contributed by atoms with Crippen molar-refractivity contribution in [3.63, 3.8) is 0 Å². The molecule has 1 unspecified atom stereocenters. The Kier molecular flexibility index (Phi) is 3.02.